The number of nitrogens with one attached hydrogen (secondary N) is 1. The number of amides is 1. The van der Waals surface area contributed by atoms with Crippen molar-refractivity contribution in [1.82, 2.24) is 10.2 Å². The van der Waals surface area contributed by atoms with Crippen molar-refractivity contribution in [3.8, 4) is 0 Å². The van der Waals surface area contributed by atoms with Gasteiger partial charge in [-0.2, -0.15) is 11.8 Å². The number of amidine groups is 1. The zero-order valence-electron chi connectivity index (χ0n) is 11.1. The Morgan fingerprint density at radius 3 is 2.95 bits per heavy atom. The van der Waals surface area contributed by atoms with Gasteiger partial charge in [-0.3, -0.25) is 9.79 Å². The molecule has 0 radical (unpaired) electrons. The Balaban J connectivity index is 1.45. The number of hydrogen-bond acceptors (Lipinski definition) is 5. The number of nitrogens with zero attached hydrogens (tertiary/aromatic N) is 2. The molecule has 1 aliphatic carbocycles. The molecular formula is C13H21N3OS2. The summed E-state index contributed by atoms with van der Waals surface area (Å²) in [5.74, 6) is 2.97. The van der Waals surface area contributed by atoms with Crippen LogP contribution in [0, 0.1) is 0 Å². The Labute approximate surface area is 123 Å². The first kappa shape index (κ1) is 13.6. The zero-order valence-corrected chi connectivity index (χ0v) is 12.8. The standard InChI is InChI=1S/C13H21N3OS2/c17-12(16-5-7-18-8-6-16)9-19-13-14-10-3-1-2-4-11(10)15-13/h10-11H,1-9H2,(H,14,15). The first-order valence-electron chi connectivity index (χ1n) is 7.15. The molecule has 106 valence electrons. The van der Waals surface area contributed by atoms with Crippen LogP contribution in [0.2, 0.25) is 0 Å². The molecule has 1 saturated carbocycles. The van der Waals surface area contributed by atoms with E-state index in [1.165, 1.54) is 25.7 Å². The molecule has 2 atom stereocenters. The molecule has 1 amide bonds. The third-order valence-corrected chi connectivity index (χ3v) is 5.85. The van der Waals surface area contributed by atoms with E-state index in [9.17, 15) is 4.79 Å². The fraction of sp³-hybridized carbons (Fsp3) is 0.846. The molecule has 0 aromatic heterocycles. The number of hydrogen-bond donors (Lipinski definition) is 1. The monoisotopic (exact) mass is 299 g/mol. The van der Waals surface area contributed by atoms with Gasteiger partial charge in [-0.05, 0) is 12.8 Å². The van der Waals surface area contributed by atoms with Crippen LogP contribution in [0.1, 0.15) is 25.7 Å². The molecule has 2 unspecified atom stereocenters. The van der Waals surface area contributed by atoms with Gasteiger partial charge in [0.1, 0.15) is 0 Å². The van der Waals surface area contributed by atoms with E-state index in [1.54, 1.807) is 11.8 Å². The van der Waals surface area contributed by atoms with Crippen molar-refractivity contribution in [1.29, 1.82) is 0 Å². The Hall–Kier alpha value is -0.360. The normalized spacial score (nSPS) is 30.5. The summed E-state index contributed by atoms with van der Waals surface area (Å²) in [6.07, 6.45) is 5.05. The maximum atomic E-state index is 12.1. The highest BCUT2D eigenvalue weighted by atomic mass is 32.2. The van der Waals surface area contributed by atoms with Crippen molar-refractivity contribution >= 4 is 34.6 Å². The van der Waals surface area contributed by atoms with Gasteiger partial charge in [-0.25, -0.2) is 0 Å². The minimum Gasteiger partial charge on any atom is -0.360 e. The molecule has 4 nitrogen and oxygen atoms in total. The number of fused-ring (bicyclic) bond motifs is 1. The van der Waals surface area contributed by atoms with Crippen LogP contribution in [0.15, 0.2) is 4.99 Å². The lowest BCUT2D eigenvalue weighted by Gasteiger charge is -2.26. The summed E-state index contributed by atoms with van der Waals surface area (Å²) >= 11 is 3.53. The summed E-state index contributed by atoms with van der Waals surface area (Å²) in [7, 11) is 0. The number of carbonyl (C=O) groups excluding carboxylic acids is 1. The van der Waals surface area contributed by atoms with Gasteiger partial charge in [-0.1, -0.05) is 24.6 Å². The van der Waals surface area contributed by atoms with Crippen molar-refractivity contribution in [2.75, 3.05) is 30.3 Å². The van der Waals surface area contributed by atoms with Crippen LogP contribution in [-0.4, -0.2) is 58.4 Å². The molecule has 0 spiro atoms. The summed E-state index contributed by atoms with van der Waals surface area (Å²) in [5.41, 5.74) is 0. The second kappa shape index (κ2) is 6.39. The average molecular weight is 299 g/mol. The fourth-order valence-electron chi connectivity index (χ4n) is 2.89. The fourth-order valence-corrected chi connectivity index (χ4v) is 4.68. The highest BCUT2D eigenvalue weighted by molar-refractivity contribution is 8.14. The number of thioether (sulfide) groups is 2. The highest BCUT2D eigenvalue weighted by Gasteiger charge is 2.31. The molecule has 0 bridgehead atoms. The molecule has 2 aliphatic heterocycles. The lowest BCUT2D eigenvalue weighted by Crippen LogP contribution is -2.40. The van der Waals surface area contributed by atoms with Gasteiger partial charge in [-0.15, -0.1) is 0 Å². The van der Waals surface area contributed by atoms with E-state index in [4.69, 9.17) is 4.99 Å². The molecule has 0 aromatic carbocycles. The van der Waals surface area contributed by atoms with Gasteiger partial charge in [0, 0.05) is 24.6 Å². The maximum absolute atomic E-state index is 12.1. The summed E-state index contributed by atoms with van der Waals surface area (Å²) in [6.45, 7) is 1.82. The van der Waals surface area contributed by atoms with Crippen molar-refractivity contribution in [3.63, 3.8) is 0 Å². The first-order chi connectivity index (χ1) is 9.33. The smallest absolute Gasteiger partial charge is 0.233 e. The quantitative estimate of drug-likeness (QED) is 0.840. The van der Waals surface area contributed by atoms with E-state index in [-0.39, 0.29) is 5.91 Å². The molecular weight excluding hydrogens is 278 g/mol. The van der Waals surface area contributed by atoms with Gasteiger partial charge < -0.3 is 10.2 Å². The van der Waals surface area contributed by atoms with E-state index in [0.717, 1.165) is 29.8 Å². The minimum atomic E-state index is 0.268. The van der Waals surface area contributed by atoms with Crippen molar-refractivity contribution in [3.05, 3.63) is 0 Å². The molecule has 3 aliphatic rings. The maximum Gasteiger partial charge on any atom is 0.233 e. The molecule has 6 heteroatoms. The number of rotatable bonds is 2. The van der Waals surface area contributed by atoms with Crippen LogP contribution in [0.4, 0.5) is 0 Å². The van der Waals surface area contributed by atoms with Crippen molar-refractivity contribution in [2.24, 2.45) is 4.99 Å². The van der Waals surface area contributed by atoms with Gasteiger partial charge in [0.05, 0.1) is 17.8 Å². The molecule has 3 rings (SSSR count). The third-order valence-electron chi connectivity index (χ3n) is 4.02. The zero-order chi connectivity index (χ0) is 13.1. The van der Waals surface area contributed by atoms with Gasteiger partial charge in [0.15, 0.2) is 5.17 Å². The SMILES string of the molecule is O=C(CSC1=NC2CCCCC2N1)N1CCSCC1. The topological polar surface area (TPSA) is 44.7 Å². The lowest BCUT2D eigenvalue weighted by atomic mass is 9.92. The molecule has 1 N–H and O–H groups in total. The van der Waals surface area contributed by atoms with Crippen molar-refractivity contribution < 1.29 is 4.79 Å². The van der Waals surface area contributed by atoms with Crippen LogP contribution in [-0.2, 0) is 4.79 Å². The number of carbonyl (C=O) groups is 1. The van der Waals surface area contributed by atoms with Crippen LogP contribution >= 0.6 is 23.5 Å². The van der Waals surface area contributed by atoms with E-state index in [0.29, 0.717) is 17.8 Å². The Bertz CT molecular complexity index is 369. The molecule has 1 saturated heterocycles. The lowest BCUT2D eigenvalue weighted by molar-refractivity contribution is -0.127. The van der Waals surface area contributed by atoms with Crippen LogP contribution in [0.5, 0.6) is 0 Å². The Kier molecular flexibility index (Phi) is 4.58. The van der Waals surface area contributed by atoms with E-state index in [2.05, 4.69) is 5.32 Å². The van der Waals surface area contributed by atoms with Crippen LogP contribution in [0.25, 0.3) is 0 Å². The molecule has 0 aromatic rings. The first-order valence-corrected chi connectivity index (χ1v) is 9.29. The molecule has 2 fully saturated rings. The van der Waals surface area contributed by atoms with Crippen molar-refractivity contribution in [2.45, 2.75) is 37.8 Å². The summed E-state index contributed by atoms with van der Waals surface area (Å²) < 4.78 is 0. The van der Waals surface area contributed by atoms with Gasteiger partial charge >= 0.3 is 0 Å². The van der Waals surface area contributed by atoms with Crippen LogP contribution < -0.4 is 5.32 Å². The van der Waals surface area contributed by atoms with E-state index in [1.807, 2.05) is 16.7 Å². The predicted octanol–water partition coefficient (Wildman–Crippen LogP) is 1.57. The summed E-state index contributed by atoms with van der Waals surface area (Å²) in [5, 5.41) is 4.49. The minimum absolute atomic E-state index is 0.268. The molecule has 2 heterocycles. The van der Waals surface area contributed by atoms with E-state index >= 15 is 0 Å². The van der Waals surface area contributed by atoms with Gasteiger partial charge in [0.2, 0.25) is 5.91 Å². The Morgan fingerprint density at radius 2 is 2.16 bits per heavy atom. The largest absolute Gasteiger partial charge is 0.360 e. The summed E-state index contributed by atoms with van der Waals surface area (Å²) in [6, 6.07) is 1.01. The summed E-state index contributed by atoms with van der Waals surface area (Å²) in [4.78, 5) is 18.8. The van der Waals surface area contributed by atoms with Crippen LogP contribution in [0.3, 0.4) is 0 Å². The van der Waals surface area contributed by atoms with E-state index < -0.39 is 0 Å². The second-order valence-electron chi connectivity index (χ2n) is 5.32. The molecule has 19 heavy (non-hydrogen) atoms. The third kappa shape index (κ3) is 3.40. The second-order valence-corrected chi connectivity index (χ2v) is 7.51. The Morgan fingerprint density at radius 1 is 1.37 bits per heavy atom. The predicted molar refractivity (Wildman–Crippen MR) is 83.0 cm³/mol. The van der Waals surface area contributed by atoms with Gasteiger partial charge in [0.25, 0.3) is 0 Å². The highest BCUT2D eigenvalue weighted by Crippen LogP contribution is 2.27. The number of aliphatic imine (C=N–C) groups is 1. The average Bonchev–Trinajstić information content (AvgIpc) is 2.88.